The number of carbonyl (C=O) groups excluding carboxylic acids is 1. The lowest BCUT2D eigenvalue weighted by Crippen LogP contribution is -3.00. The Morgan fingerprint density at radius 3 is 1.33 bits per heavy atom. The quantitative estimate of drug-likeness (QED) is 0.159. The van der Waals surface area contributed by atoms with E-state index in [9.17, 15) is 0 Å². The van der Waals surface area contributed by atoms with Gasteiger partial charge in [0.25, 0.3) is 5.91 Å². The van der Waals surface area contributed by atoms with Crippen molar-refractivity contribution in [3.05, 3.63) is 205 Å². The third kappa shape index (κ3) is 5.90. The number of benzene rings is 6. The second kappa shape index (κ2) is 14.9. The summed E-state index contributed by atoms with van der Waals surface area (Å²) in [5.74, 6) is 0.757. The summed E-state index contributed by atoms with van der Waals surface area (Å²) >= 11 is 0. The summed E-state index contributed by atoms with van der Waals surface area (Å²) < 4.78 is 1.93. The van der Waals surface area contributed by atoms with Crippen LogP contribution < -0.4 is 32.9 Å². The molecule has 1 fully saturated rings. The molecule has 1 saturated heterocycles. The van der Waals surface area contributed by atoms with Crippen molar-refractivity contribution in [3.8, 4) is 0 Å². The van der Waals surface area contributed by atoms with Crippen molar-refractivity contribution in [3.63, 3.8) is 0 Å². The normalized spacial score (nSPS) is 14.6. The monoisotopic (exact) mass is 749 g/mol. The molecule has 1 aliphatic rings. The second-order valence-corrected chi connectivity index (χ2v) is 16.2. The van der Waals surface area contributed by atoms with Crippen LogP contribution >= 0.6 is 7.26 Å². The van der Waals surface area contributed by atoms with Gasteiger partial charge in [0, 0.05) is 13.0 Å². The fourth-order valence-corrected chi connectivity index (χ4v) is 12.8. The van der Waals surface area contributed by atoms with Gasteiger partial charge in [0.2, 0.25) is 0 Å². The lowest BCUT2D eigenvalue weighted by molar-refractivity contribution is -0.128. The molecule has 1 aromatic heterocycles. The molecule has 1 unspecified atom stereocenters. The van der Waals surface area contributed by atoms with Crippen molar-refractivity contribution in [2.75, 3.05) is 6.54 Å². The summed E-state index contributed by atoms with van der Waals surface area (Å²) in [7, 11) is -2.42. The van der Waals surface area contributed by atoms with E-state index >= 15 is 4.79 Å². The number of nitrogens with zero attached hydrogens (tertiary/aromatic N) is 5. The van der Waals surface area contributed by atoms with Crippen molar-refractivity contribution in [2.45, 2.75) is 24.2 Å². The summed E-state index contributed by atoms with van der Waals surface area (Å²) in [6, 6.07) is 63.1. The van der Waals surface area contributed by atoms with E-state index in [1.807, 2.05) is 27.8 Å². The molecule has 0 aliphatic carbocycles. The largest absolute Gasteiger partial charge is 1.00 e. The molecule has 0 spiro atoms. The Morgan fingerprint density at radius 2 is 0.941 bits per heavy atom. The van der Waals surface area contributed by atoms with Gasteiger partial charge in [-0.3, -0.25) is 4.79 Å². The molecular weight excluding hydrogens is 713 g/mol. The van der Waals surface area contributed by atoms with Gasteiger partial charge in [0.15, 0.2) is 11.5 Å². The number of hydrogen-bond acceptors (Lipinski definition) is 4. The summed E-state index contributed by atoms with van der Waals surface area (Å²) in [5, 5.41) is 17.3. The van der Waals surface area contributed by atoms with E-state index < -0.39 is 12.8 Å². The van der Waals surface area contributed by atoms with Crippen LogP contribution in [0.1, 0.15) is 28.9 Å². The Hall–Kier alpha value is -5.23. The summed E-state index contributed by atoms with van der Waals surface area (Å²) in [4.78, 5) is 17.0. The van der Waals surface area contributed by atoms with Crippen LogP contribution in [-0.2, 0) is 16.9 Å². The standard InChI is InChI=1S/C43H37N5OP.BrH/c49-42-40(50(37-25-13-4-14-26-37,38-27-15-5-16-28-38)39-29-17-6-18-30-39)31-32-47(42)33-41-44-45-46-48(41)43(34-19-7-1-8-20-34,35-21-9-2-10-22-35)36-23-11-3-12-24-36;/h1-30,40H,31-33H2;1H/q+1;/p-1. The van der Waals surface area contributed by atoms with Gasteiger partial charge >= 0.3 is 0 Å². The van der Waals surface area contributed by atoms with Crippen LogP contribution in [0.25, 0.3) is 0 Å². The molecule has 1 aliphatic heterocycles. The molecule has 6 nitrogen and oxygen atoms in total. The van der Waals surface area contributed by atoms with E-state index in [1.165, 1.54) is 15.9 Å². The average molecular weight is 751 g/mol. The van der Waals surface area contributed by atoms with Gasteiger partial charge in [0.05, 0.1) is 6.54 Å². The highest BCUT2D eigenvalue weighted by molar-refractivity contribution is 7.96. The third-order valence-corrected chi connectivity index (χ3v) is 14.7. The molecule has 1 amide bonds. The van der Waals surface area contributed by atoms with Crippen molar-refractivity contribution >= 4 is 29.1 Å². The Balaban J connectivity index is 0.00000406. The zero-order valence-electron chi connectivity index (χ0n) is 28.0. The molecule has 51 heavy (non-hydrogen) atoms. The number of hydrogen-bond donors (Lipinski definition) is 0. The number of likely N-dealkylation sites (tertiary alicyclic amines) is 1. The highest BCUT2D eigenvalue weighted by Gasteiger charge is 2.58. The molecule has 0 radical (unpaired) electrons. The molecule has 7 aromatic rings. The molecule has 0 N–H and O–H groups in total. The first kappa shape index (κ1) is 34.2. The summed E-state index contributed by atoms with van der Waals surface area (Å²) in [6.45, 7) is 0.897. The number of halogens is 1. The fraction of sp³-hybridized carbons (Fsp3) is 0.116. The van der Waals surface area contributed by atoms with E-state index in [0.717, 1.165) is 23.1 Å². The first-order valence-corrected chi connectivity index (χ1v) is 18.9. The third-order valence-electron chi connectivity index (χ3n) is 9.99. The van der Waals surface area contributed by atoms with E-state index in [1.54, 1.807) is 0 Å². The SMILES string of the molecule is O=C1C([P+](c2ccccc2)(c2ccccc2)c2ccccc2)CCN1Cc1nnnn1C(c1ccccc1)(c1ccccc1)c1ccccc1.[Br-]. The van der Waals surface area contributed by atoms with Crippen molar-refractivity contribution in [1.82, 2.24) is 25.1 Å². The Kier molecular flexibility index (Phi) is 10.0. The maximum Gasteiger partial charge on any atom is 0.265 e. The van der Waals surface area contributed by atoms with Gasteiger partial charge in [-0.2, -0.15) is 0 Å². The van der Waals surface area contributed by atoms with Crippen LogP contribution in [0.2, 0.25) is 0 Å². The first-order valence-electron chi connectivity index (χ1n) is 17.0. The molecule has 252 valence electrons. The van der Waals surface area contributed by atoms with Crippen LogP contribution in [0.3, 0.4) is 0 Å². The topological polar surface area (TPSA) is 63.9 Å². The highest BCUT2D eigenvalue weighted by Crippen LogP contribution is 2.62. The summed E-state index contributed by atoms with van der Waals surface area (Å²) in [6.07, 6.45) is 0.730. The lowest BCUT2D eigenvalue weighted by atomic mass is 9.77. The number of tetrazole rings is 1. The average Bonchev–Trinajstić information content (AvgIpc) is 3.81. The Morgan fingerprint density at radius 1 is 0.569 bits per heavy atom. The number of amides is 1. The number of aromatic nitrogens is 4. The van der Waals surface area contributed by atoms with Crippen molar-refractivity contribution in [2.24, 2.45) is 0 Å². The number of rotatable bonds is 10. The Bertz CT molecular complexity index is 1980. The molecular formula is C43H37BrN5OP. The highest BCUT2D eigenvalue weighted by atomic mass is 79.9. The zero-order valence-corrected chi connectivity index (χ0v) is 30.5. The van der Waals surface area contributed by atoms with Crippen LogP contribution in [0.15, 0.2) is 182 Å². The van der Waals surface area contributed by atoms with Gasteiger partial charge in [-0.05, 0) is 63.5 Å². The van der Waals surface area contributed by atoms with Crippen LogP contribution in [-0.4, -0.2) is 43.2 Å². The lowest BCUT2D eigenvalue weighted by Gasteiger charge is -2.36. The van der Waals surface area contributed by atoms with E-state index in [0.29, 0.717) is 12.4 Å². The van der Waals surface area contributed by atoms with Gasteiger partial charge in [-0.15, -0.1) is 5.10 Å². The maximum absolute atomic E-state index is 15.0. The fourth-order valence-electron chi connectivity index (χ4n) is 7.86. The van der Waals surface area contributed by atoms with E-state index in [-0.39, 0.29) is 35.1 Å². The molecule has 0 bridgehead atoms. The van der Waals surface area contributed by atoms with Gasteiger partial charge < -0.3 is 21.9 Å². The van der Waals surface area contributed by atoms with E-state index in [2.05, 4.69) is 174 Å². The molecule has 8 rings (SSSR count). The Labute approximate surface area is 309 Å². The molecule has 6 aromatic carbocycles. The molecule has 0 saturated carbocycles. The molecule has 2 heterocycles. The first-order chi connectivity index (χ1) is 24.7. The second-order valence-electron chi connectivity index (χ2n) is 12.6. The number of carbonyl (C=O) groups is 1. The minimum atomic E-state index is -2.42. The van der Waals surface area contributed by atoms with Gasteiger partial charge in [0.1, 0.15) is 28.7 Å². The minimum absolute atomic E-state index is 0. The predicted molar refractivity (Wildman–Crippen MR) is 201 cm³/mol. The van der Waals surface area contributed by atoms with Crippen LogP contribution in [0.5, 0.6) is 0 Å². The van der Waals surface area contributed by atoms with Crippen LogP contribution in [0.4, 0.5) is 0 Å². The van der Waals surface area contributed by atoms with Crippen LogP contribution in [0, 0.1) is 0 Å². The smallest absolute Gasteiger partial charge is 0.265 e. The van der Waals surface area contributed by atoms with Gasteiger partial charge in [-0.25, -0.2) is 4.68 Å². The molecule has 8 heteroatoms. The molecule has 1 atom stereocenters. The minimum Gasteiger partial charge on any atom is -1.00 e. The van der Waals surface area contributed by atoms with Crippen molar-refractivity contribution < 1.29 is 21.8 Å². The summed E-state index contributed by atoms with van der Waals surface area (Å²) in [5.41, 5.74) is 1.97. The zero-order chi connectivity index (χ0) is 33.8. The van der Waals surface area contributed by atoms with E-state index in [4.69, 9.17) is 5.21 Å². The van der Waals surface area contributed by atoms with Crippen molar-refractivity contribution in [1.29, 1.82) is 0 Å². The maximum atomic E-state index is 15.0. The predicted octanol–water partition coefficient (Wildman–Crippen LogP) is 3.61. The van der Waals surface area contributed by atoms with Gasteiger partial charge in [-0.1, -0.05) is 146 Å².